The van der Waals surface area contributed by atoms with Crippen LogP contribution in [0, 0.1) is 5.82 Å². The van der Waals surface area contributed by atoms with Crippen LogP contribution in [0.15, 0.2) is 42.7 Å². The van der Waals surface area contributed by atoms with Gasteiger partial charge in [-0.25, -0.2) is 4.39 Å². The molecule has 0 aliphatic carbocycles. The van der Waals surface area contributed by atoms with Gasteiger partial charge in [-0.1, -0.05) is 6.07 Å². The minimum Gasteiger partial charge on any atom is -0.354 e. The predicted octanol–water partition coefficient (Wildman–Crippen LogP) is 3.10. The van der Waals surface area contributed by atoms with Crippen molar-refractivity contribution in [1.82, 2.24) is 10.3 Å². The molecule has 104 valence electrons. The van der Waals surface area contributed by atoms with Crippen molar-refractivity contribution in [3.05, 3.63) is 54.1 Å². The minimum absolute atomic E-state index is 0.0577. The molecule has 2 aromatic rings. The summed E-state index contributed by atoms with van der Waals surface area (Å²) >= 11 is 0. The van der Waals surface area contributed by atoms with E-state index in [4.69, 9.17) is 0 Å². The Morgan fingerprint density at radius 3 is 2.70 bits per heavy atom. The van der Waals surface area contributed by atoms with Crippen LogP contribution in [0.1, 0.15) is 24.2 Å². The number of carbonyl (C=O) groups is 1. The molecule has 2 N–H and O–H groups in total. The van der Waals surface area contributed by atoms with Crippen molar-refractivity contribution in [2.75, 3.05) is 5.32 Å². The second-order valence-electron chi connectivity index (χ2n) is 4.73. The quantitative estimate of drug-likeness (QED) is 0.900. The molecule has 0 aliphatic heterocycles. The molecule has 1 heterocycles. The molecule has 4 nitrogen and oxygen atoms in total. The van der Waals surface area contributed by atoms with Gasteiger partial charge in [0, 0.05) is 17.9 Å². The van der Waals surface area contributed by atoms with E-state index in [1.165, 1.54) is 18.3 Å². The van der Waals surface area contributed by atoms with Crippen LogP contribution in [0.3, 0.4) is 0 Å². The van der Waals surface area contributed by atoms with E-state index in [1.807, 2.05) is 13.8 Å². The predicted molar refractivity (Wildman–Crippen MR) is 76.5 cm³/mol. The zero-order valence-electron chi connectivity index (χ0n) is 11.4. The molecule has 0 unspecified atom stereocenters. The lowest BCUT2D eigenvalue weighted by Gasteiger charge is -2.10. The van der Waals surface area contributed by atoms with Crippen LogP contribution < -0.4 is 10.6 Å². The largest absolute Gasteiger partial charge is 0.354 e. The molecule has 2 rings (SSSR count). The van der Waals surface area contributed by atoms with E-state index in [0.717, 1.165) is 0 Å². The molecule has 0 radical (unpaired) electrons. The highest BCUT2D eigenvalue weighted by Crippen LogP contribution is 2.17. The number of anilines is 2. The van der Waals surface area contributed by atoms with Crippen LogP contribution in [0.25, 0.3) is 0 Å². The van der Waals surface area contributed by atoms with E-state index < -0.39 is 0 Å². The highest BCUT2D eigenvalue weighted by molar-refractivity contribution is 5.95. The van der Waals surface area contributed by atoms with Crippen LogP contribution >= 0.6 is 0 Å². The summed E-state index contributed by atoms with van der Waals surface area (Å²) in [4.78, 5) is 15.9. The van der Waals surface area contributed by atoms with Gasteiger partial charge in [-0.3, -0.25) is 9.78 Å². The maximum absolute atomic E-state index is 13.1. The van der Waals surface area contributed by atoms with Gasteiger partial charge in [-0.05, 0) is 38.1 Å². The molecular formula is C15H16FN3O. The topological polar surface area (TPSA) is 54.0 Å². The summed E-state index contributed by atoms with van der Waals surface area (Å²) in [6, 6.07) is 7.83. The molecule has 0 saturated heterocycles. The second-order valence-corrected chi connectivity index (χ2v) is 4.73. The Bertz CT molecular complexity index is 614. The lowest BCUT2D eigenvalue weighted by Crippen LogP contribution is -2.30. The second kappa shape index (κ2) is 6.14. The van der Waals surface area contributed by atoms with Gasteiger partial charge in [0.25, 0.3) is 5.91 Å². The summed E-state index contributed by atoms with van der Waals surface area (Å²) in [6.45, 7) is 3.78. The van der Waals surface area contributed by atoms with Crippen LogP contribution in [0.2, 0.25) is 0 Å². The monoisotopic (exact) mass is 273 g/mol. The van der Waals surface area contributed by atoms with Crippen molar-refractivity contribution in [3.8, 4) is 0 Å². The number of nitrogens with zero attached hydrogens (tertiary/aromatic N) is 1. The number of hydrogen-bond donors (Lipinski definition) is 2. The number of hydrogen-bond acceptors (Lipinski definition) is 3. The van der Waals surface area contributed by atoms with Gasteiger partial charge in [-0.15, -0.1) is 0 Å². The molecule has 0 saturated carbocycles. The maximum atomic E-state index is 13.1. The summed E-state index contributed by atoms with van der Waals surface area (Å²) in [5.74, 6) is -0.507. The number of halogens is 1. The van der Waals surface area contributed by atoms with Gasteiger partial charge in [0.2, 0.25) is 0 Å². The summed E-state index contributed by atoms with van der Waals surface area (Å²) < 4.78 is 13.1. The standard InChI is InChI=1S/C15H16FN3O/c1-10(2)18-15(20)11-6-14(9-17-8-11)19-13-5-3-4-12(16)7-13/h3-10,19H,1-2H3,(H,18,20). The van der Waals surface area contributed by atoms with Crippen molar-refractivity contribution in [2.45, 2.75) is 19.9 Å². The van der Waals surface area contributed by atoms with Crippen molar-refractivity contribution in [1.29, 1.82) is 0 Å². The lowest BCUT2D eigenvalue weighted by atomic mass is 10.2. The molecule has 1 aromatic heterocycles. The van der Waals surface area contributed by atoms with Crippen LogP contribution in [-0.4, -0.2) is 16.9 Å². The summed E-state index contributed by atoms with van der Waals surface area (Å²) in [6.07, 6.45) is 3.07. The normalized spacial score (nSPS) is 10.4. The molecule has 0 atom stereocenters. The Morgan fingerprint density at radius 1 is 1.20 bits per heavy atom. The van der Waals surface area contributed by atoms with Gasteiger partial charge in [0.1, 0.15) is 5.82 Å². The zero-order valence-corrected chi connectivity index (χ0v) is 11.4. The number of pyridine rings is 1. The molecule has 0 aliphatic rings. The van der Waals surface area contributed by atoms with Gasteiger partial charge in [0.15, 0.2) is 0 Å². The van der Waals surface area contributed by atoms with Crippen LogP contribution in [-0.2, 0) is 0 Å². The number of carbonyl (C=O) groups excluding carboxylic acids is 1. The number of aromatic nitrogens is 1. The Hall–Kier alpha value is -2.43. The molecule has 0 spiro atoms. The van der Waals surface area contributed by atoms with Gasteiger partial charge >= 0.3 is 0 Å². The van der Waals surface area contributed by atoms with E-state index >= 15 is 0 Å². The third-order valence-electron chi connectivity index (χ3n) is 2.53. The zero-order chi connectivity index (χ0) is 14.5. The molecular weight excluding hydrogens is 257 g/mol. The Kier molecular flexibility index (Phi) is 4.30. The molecule has 0 bridgehead atoms. The summed E-state index contributed by atoms with van der Waals surface area (Å²) in [7, 11) is 0. The van der Waals surface area contributed by atoms with E-state index in [-0.39, 0.29) is 17.8 Å². The Balaban J connectivity index is 2.15. The highest BCUT2D eigenvalue weighted by atomic mass is 19.1. The van der Waals surface area contributed by atoms with E-state index in [2.05, 4.69) is 15.6 Å². The highest BCUT2D eigenvalue weighted by Gasteiger charge is 2.08. The first-order chi connectivity index (χ1) is 9.54. The van der Waals surface area contributed by atoms with Gasteiger partial charge in [0.05, 0.1) is 17.4 Å². The van der Waals surface area contributed by atoms with Crippen LogP contribution in [0.5, 0.6) is 0 Å². The summed E-state index contributed by atoms with van der Waals surface area (Å²) in [5.41, 5.74) is 1.69. The smallest absolute Gasteiger partial charge is 0.253 e. The maximum Gasteiger partial charge on any atom is 0.253 e. The van der Waals surface area contributed by atoms with Crippen molar-refractivity contribution in [2.24, 2.45) is 0 Å². The number of benzene rings is 1. The van der Waals surface area contributed by atoms with Gasteiger partial charge < -0.3 is 10.6 Å². The van der Waals surface area contributed by atoms with Gasteiger partial charge in [-0.2, -0.15) is 0 Å². The van der Waals surface area contributed by atoms with Crippen molar-refractivity contribution in [3.63, 3.8) is 0 Å². The van der Waals surface area contributed by atoms with Crippen LogP contribution in [0.4, 0.5) is 15.8 Å². The number of nitrogens with one attached hydrogen (secondary N) is 2. The summed E-state index contributed by atoms with van der Waals surface area (Å²) in [5, 5.41) is 5.80. The SMILES string of the molecule is CC(C)NC(=O)c1cncc(Nc2cccc(F)c2)c1. The molecule has 1 amide bonds. The fraction of sp³-hybridized carbons (Fsp3) is 0.200. The Labute approximate surface area is 117 Å². The molecule has 1 aromatic carbocycles. The fourth-order valence-corrected chi connectivity index (χ4v) is 1.71. The first kappa shape index (κ1) is 14.0. The van der Waals surface area contributed by atoms with Crippen molar-refractivity contribution < 1.29 is 9.18 Å². The first-order valence-electron chi connectivity index (χ1n) is 6.33. The molecule has 20 heavy (non-hydrogen) atoms. The number of amides is 1. The first-order valence-corrected chi connectivity index (χ1v) is 6.33. The molecule has 5 heteroatoms. The van der Waals surface area contributed by atoms with E-state index in [1.54, 1.807) is 24.4 Å². The average molecular weight is 273 g/mol. The third kappa shape index (κ3) is 3.78. The minimum atomic E-state index is -0.323. The van der Waals surface area contributed by atoms with E-state index in [0.29, 0.717) is 16.9 Å². The Morgan fingerprint density at radius 2 is 2.00 bits per heavy atom. The van der Waals surface area contributed by atoms with E-state index in [9.17, 15) is 9.18 Å². The molecule has 0 fully saturated rings. The lowest BCUT2D eigenvalue weighted by molar-refractivity contribution is 0.0943. The third-order valence-corrected chi connectivity index (χ3v) is 2.53. The fourth-order valence-electron chi connectivity index (χ4n) is 1.71. The van der Waals surface area contributed by atoms with Crippen molar-refractivity contribution >= 4 is 17.3 Å². The average Bonchev–Trinajstić information content (AvgIpc) is 2.38. The number of rotatable bonds is 4.